The van der Waals surface area contributed by atoms with Crippen LogP contribution >= 0.6 is 0 Å². The molecule has 1 heterocycles. The van der Waals surface area contributed by atoms with Crippen LogP contribution in [0.25, 0.3) is 0 Å². The van der Waals surface area contributed by atoms with Crippen molar-refractivity contribution in [1.82, 2.24) is 5.32 Å². The number of methoxy groups -OCH3 is 1. The second-order valence-electron chi connectivity index (χ2n) is 8.07. The Balaban J connectivity index is 1.47. The minimum atomic E-state index is -3.97. The van der Waals surface area contributed by atoms with Crippen LogP contribution in [0.1, 0.15) is 5.56 Å². The Bertz CT molecular complexity index is 1230. The van der Waals surface area contributed by atoms with Crippen molar-refractivity contribution in [2.75, 3.05) is 49.2 Å². The SMILES string of the molecule is COc1cccc(N(CC(=O)NCc2ccc(N3CCOCC3)cc2)S(=O)(=O)c2ccccc2)c1. The van der Waals surface area contributed by atoms with Gasteiger partial charge in [-0.25, -0.2) is 8.42 Å². The quantitative estimate of drug-likeness (QED) is 0.491. The van der Waals surface area contributed by atoms with Crippen LogP contribution in [-0.4, -0.2) is 54.3 Å². The Morgan fingerprint density at radius 3 is 2.40 bits per heavy atom. The number of carbonyl (C=O) groups is 1. The van der Waals surface area contributed by atoms with Gasteiger partial charge in [0.25, 0.3) is 10.0 Å². The molecule has 1 N–H and O–H groups in total. The molecule has 1 fully saturated rings. The van der Waals surface area contributed by atoms with Gasteiger partial charge in [0.15, 0.2) is 0 Å². The molecule has 35 heavy (non-hydrogen) atoms. The zero-order valence-corrected chi connectivity index (χ0v) is 20.4. The molecule has 1 amide bonds. The third-order valence-electron chi connectivity index (χ3n) is 5.76. The summed E-state index contributed by atoms with van der Waals surface area (Å²) in [5.74, 6) is 0.0844. The number of rotatable bonds is 9. The van der Waals surface area contributed by atoms with Crippen molar-refractivity contribution in [1.29, 1.82) is 0 Å². The highest BCUT2D eigenvalue weighted by Crippen LogP contribution is 2.27. The first-order valence-corrected chi connectivity index (χ1v) is 12.8. The van der Waals surface area contributed by atoms with Crippen LogP contribution in [0.3, 0.4) is 0 Å². The number of amides is 1. The number of hydrogen-bond acceptors (Lipinski definition) is 6. The van der Waals surface area contributed by atoms with Crippen molar-refractivity contribution >= 4 is 27.3 Å². The predicted molar refractivity (Wildman–Crippen MR) is 135 cm³/mol. The van der Waals surface area contributed by atoms with E-state index in [-0.39, 0.29) is 11.4 Å². The van der Waals surface area contributed by atoms with Gasteiger partial charge in [-0.05, 0) is 42.0 Å². The van der Waals surface area contributed by atoms with Crippen molar-refractivity contribution in [3.63, 3.8) is 0 Å². The molecule has 1 aliphatic rings. The van der Waals surface area contributed by atoms with Crippen molar-refractivity contribution in [2.45, 2.75) is 11.4 Å². The van der Waals surface area contributed by atoms with E-state index in [1.165, 1.54) is 19.2 Å². The first kappa shape index (κ1) is 24.6. The third kappa shape index (κ3) is 6.12. The summed E-state index contributed by atoms with van der Waals surface area (Å²) in [6, 6.07) is 22.7. The first-order chi connectivity index (χ1) is 17.0. The van der Waals surface area contributed by atoms with Crippen LogP contribution in [0.4, 0.5) is 11.4 Å². The molecule has 0 aliphatic carbocycles. The molecule has 4 rings (SSSR count). The van der Waals surface area contributed by atoms with Gasteiger partial charge >= 0.3 is 0 Å². The van der Waals surface area contributed by atoms with E-state index in [1.807, 2.05) is 24.3 Å². The Labute approximate surface area is 206 Å². The second-order valence-corrected chi connectivity index (χ2v) is 9.93. The highest BCUT2D eigenvalue weighted by atomic mass is 32.2. The molecular weight excluding hydrogens is 466 g/mol. The molecule has 0 bridgehead atoms. The van der Waals surface area contributed by atoms with Gasteiger partial charge in [0.2, 0.25) is 5.91 Å². The van der Waals surface area contributed by atoms with Crippen LogP contribution in [-0.2, 0) is 26.1 Å². The number of nitrogens with zero attached hydrogens (tertiary/aromatic N) is 2. The molecule has 0 unspecified atom stereocenters. The van der Waals surface area contributed by atoms with E-state index in [1.54, 1.807) is 42.5 Å². The Morgan fingerprint density at radius 2 is 1.71 bits per heavy atom. The molecule has 3 aromatic carbocycles. The summed E-state index contributed by atoms with van der Waals surface area (Å²) in [4.78, 5) is 15.2. The van der Waals surface area contributed by atoms with E-state index in [0.717, 1.165) is 28.6 Å². The van der Waals surface area contributed by atoms with Crippen molar-refractivity contribution in [3.8, 4) is 5.75 Å². The number of morpholine rings is 1. The topological polar surface area (TPSA) is 88.2 Å². The molecule has 0 radical (unpaired) electrons. The van der Waals surface area contributed by atoms with Gasteiger partial charge in [-0.15, -0.1) is 0 Å². The summed E-state index contributed by atoms with van der Waals surface area (Å²) in [7, 11) is -2.47. The van der Waals surface area contributed by atoms with E-state index in [0.29, 0.717) is 31.2 Å². The second kappa shape index (κ2) is 11.2. The standard InChI is InChI=1S/C26H29N3O5S/c1-33-24-7-5-6-23(18-24)29(35(31,32)25-8-3-2-4-9-25)20-26(30)27-19-21-10-12-22(13-11-21)28-14-16-34-17-15-28/h2-13,18H,14-17,19-20H2,1H3,(H,27,30). The molecule has 1 aliphatic heterocycles. The van der Waals surface area contributed by atoms with Crippen LogP contribution in [0.5, 0.6) is 5.75 Å². The fourth-order valence-corrected chi connectivity index (χ4v) is 5.27. The van der Waals surface area contributed by atoms with E-state index in [4.69, 9.17) is 9.47 Å². The normalized spacial score (nSPS) is 13.8. The van der Waals surface area contributed by atoms with Gasteiger partial charge in [0.05, 0.1) is 30.9 Å². The average Bonchev–Trinajstić information content (AvgIpc) is 2.91. The molecule has 0 aromatic heterocycles. The molecule has 3 aromatic rings. The van der Waals surface area contributed by atoms with Gasteiger partial charge in [-0.1, -0.05) is 36.4 Å². The monoisotopic (exact) mass is 495 g/mol. The Morgan fingerprint density at radius 1 is 1.00 bits per heavy atom. The number of nitrogens with one attached hydrogen (secondary N) is 1. The van der Waals surface area contributed by atoms with Crippen LogP contribution in [0.2, 0.25) is 0 Å². The maximum atomic E-state index is 13.4. The maximum absolute atomic E-state index is 13.4. The smallest absolute Gasteiger partial charge is 0.264 e. The fourth-order valence-electron chi connectivity index (χ4n) is 3.83. The predicted octanol–water partition coefficient (Wildman–Crippen LogP) is 3.04. The van der Waals surface area contributed by atoms with Gasteiger partial charge in [-0.2, -0.15) is 0 Å². The summed E-state index contributed by atoms with van der Waals surface area (Å²) < 4.78 is 38.6. The summed E-state index contributed by atoms with van der Waals surface area (Å²) in [5.41, 5.74) is 2.38. The van der Waals surface area contributed by atoms with Crippen molar-refractivity contribution < 1.29 is 22.7 Å². The van der Waals surface area contributed by atoms with E-state index < -0.39 is 15.9 Å². The number of hydrogen-bond donors (Lipinski definition) is 1. The lowest BCUT2D eigenvalue weighted by molar-refractivity contribution is -0.119. The molecule has 8 nitrogen and oxygen atoms in total. The summed E-state index contributed by atoms with van der Waals surface area (Å²) in [6.07, 6.45) is 0. The zero-order valence-electron chi connectivity index (χ0n) is 19.6. The number of sulfonamides is 1. The van der Waals surface area contributed by atoms with E-state index in [9.17, 15) is 13.2 Å². The molecule has 0 atom stereocenters. The van der Waals surface area contributed by atoms with Gasteiger partial charge in [-0.3, -0.25) is 9.10 Å². The third-order valence-corrected chi connectivity index (χ3v) is 7.55. The minimum absolute atomic E-state index is 0.106. The maximum Gasteiger partial charge on any atom is 0.264 e. The molecule has 0 saturated carbocycles. The number of anilines is 2. The van der Waals surface area contributed by atoms with Crippen LogP contribution in [0, 0.1) is 0 Å². The lowest BCUT2D eigenvalue weighted by atomic mass is 10.2. The van der Waals surface area contributed by atoms with Crippen molar-refractivity contribution in [3.05, 3.63) is 84.4 Å². The van der Waals surface area contributed by atoms with Gasteiger partial charge in [0.1, 0.15) is 12.3 Å². The van der Waals surface area contributed by atoms with Crippen LogP contribution < -0.4 is 19.3 Å². The number of benzene rings is 3. The van der Waals surface area contributed by atoms with Gasteiger partial charge < -0.3 is 19.7 Å². The summed E-state index contributed by atoms with van der Waals surface area (Å²) in [5, 5.41) is 2.84. The summed E-state index contributed by atoms with van der Waals surface area (Å²) in [6.45, 7) is 3.06. The lowest BCUT2D eigenvalue weighted by Gasteiger charge is -2.29. The Kier molecular flexibility index (Phi) is 7.89. The molecule has 9 heteroatoms. The fraction of sp³-hybridized carbons (Fsp3) is 0.269. The highest BCUT2D eigenvalue weighted by Gasteiger charge is 2.27. The average molecular weight is 496 g/mol. The molecule has 0 spiro atoms. The molecule has 184 valence electrons. The van der Waals surface area contributed by atoms with Crippen molar-refractivity contribution in [2.24, 2.45) is 0 Å². The molecular formula is C26H29N3O5S. The highest BCUT2D eigenvalue weighted by molar-refractivity contribution is 7.92. The largest absolute Gasteiger partial charge is 0.497 e. The Hall–Kier alpha value is -3.56. The van der Waals surface area contributed by atoms with E-state index >= 15 is 0 Å². The zero-order chi connectivity index (χ0) is 24.7. The summed E-state index contributed by atoms with van der Waals surface area (Å²) >= 11 is 0. The minimum Gasteiger partial charge on any atom is -0.497 e. The molecule has 1 saturated heterocycles. The van der Waals surface area contributed by atoms with Gasteiger partial charge in [0, 0.05) is 31.4 Å². The number of ether oxygens (including phenoxy) is 2. The van der Waals surface area contributed by atoms with Crippen LogP contribution in [0.15, 0.2) is 83.8 Å². The lowest BCUT2D eigenvalue weighted by Crippen LogP contribution is -2.40. The number of carbonyl (C=O) groups excluding carboxylic acids is 1. The first-order valence-electron chi connectivity index (χ1n) is 11.4. The van der Waals surface area contributed by atoms with E-state index in [2.05, 4.69) is 10.2 Å².